The lowest BCUT2D eigenvalue weighted by atomic mass is 10.2. The molecule has 3 rings (SSSR count). The highest BCUT2D eigenvalue weighted by Gasteiger charge is 2.11. The number of hydrogen-bond donors (Lipinski definition) is 1. The maximum atomic E-state index is 11.0. The molecule has 2 aromatic carbocycles. The summed E-state index contributed by atoms with van der Waals surface area (Å²) in [4.78, 5) is 16.6. The molecule has 1 aromatic heterocycles. The molecule has 0 aliphatic carbocycles. The third-order valence-corrected chi connectivity index (χ3v) is 5.18. The van der Waals surface area contributed by atoms with E-state index in [0.717, 1.165) is 34.9 Å². The number of rotatable bonds is 6. The molecule has 0 bridgehead atoms. The van der Waals surface area contributed by atoms with Gasteiger partial charge in [0.1, 0.15) is 0 Å². The van der Waals surface area contributed by atoms with E-state index in [9.17, 15) is 4.79 Å². The van der Waals surface area contributed by atoms with E-state index in [4.69, 9.17) is 0 Å². The molecule has 0 aliphatic rings. The molecule has 1 heterocycles. The number of aromatic amines is 1. The highest BCUT2D eigenvalue weighted by Crippen LogP contribution is 2.16. The van der Waals surface area contributed by atoms with Crippen LogP contribution in [0.2, 0.25) is 0 Å². The van der Waals surface area contributed by atoms with Crippen molar-refractivity contribution in [1.82, 2.24) is 4.98 Å². The molecule has 0 saturated carbocycles. The van der Waals surface area contributed by atoms with Gasteiger partial charge in [-0.1, -0.05) is 36.0 Å². The fourth-order valence-corrected chi connectivity index (χ4v) is 3.50. The van der Waals surface area contributed by atoms with Crippen molar-refractivity contribution < 1.29 is 9.36 Å². The van der Waals surface area contributed by atoms with Gasteiger partial charge in [0.25, 0.3) is 5.82 Å². The van der Waals surface area contributed by atoms with E-state index in [1.165, 1.54) is 17.3 Å². The second kappa shape index (κ2) is 8.23. The summed E-state index contributed by atoms with van der Waals surface area (Å²) < 4.78 is 2.15. The van der Waals surface area contributed by atoms with E-state index < -0.39 is 0 Å². The van der Waals surface area contributed by atoms with Crippen LogP contribution in [0.15, 0.2) is 48.5 Å². The Morgan fingerprint density at radius 1 is 1.15 bits per heavy atom. The standard InChI is InChI=1S/C21H23N3OS/c1-16(25)26-15-14-23(2)18-11-8-17(9-12-18)10-13-21-22-19-6-4-5-7-20(19)24(21)3/h4-13H,14-15H2,1-3H3/p+1/b13-10+. The highest BCUT2D eigenvalue weighted by atomic mass is 32.2. The van der Waals surface area contributed by atoms with Crippen molar-refractivity contribution in [3.8, 4) is 0 Å². The zero-order valence-electron chi connectivity index (χ0n) is 15.4. The van der Waals surface area contributed by atoms with Crippen molar-refractivity contribution in [1.29, 1.82) is 0 Å². The quantitative estimate of drug-likeness (QED) is 0.673. The number of nitrogens with one attached hydrogen (secondary N) is 1. The average molecular weight is 367 g/mol. The molecule has 0 amide bonds. The molecule has 0 aliphatic heterocycles. The Bertz CT molecular complexity index is 928. The minimum atomic E-state index is 0.170. The Kier molecular flexibility index (Phi) is 5.78. The van der Waals surface area contributed by atoms with Crippen LogP contribution in [0.1, 0.15) is 18.3 Å². The first-order valence-electron chi connectivity index (χ1n) is 8.64. The molecule has 0 fully saturated rings. The van der Waals surface area contributed by atoms with Crippen LogP contribution >= 0.6 is 11.8 Å². The fourth-order valence-electron chi connectivity index (χ4n) is 2.85. The number of aromatic nitrogens is 2. The van der Waals surface area contributed by atoms with Crippen LogP contribution in [-0.2, 0) is 11.8 Å². The Morgan fingerprint density at radius 2 is 1.88 bits per heavy atom. The maximum absolute atomic E-state index is 11.0. The number of benzene rings is 2. The third-order valence-electron chi connectivity index (χ3n) is 4.39. The topological polar surface area (TPSA) is 40.0 Å². The molecule has 0 saturated heterocycles. The van der Waals surface area contributed by atoms with Gasteiger partial charge in [0.15, 0.2) is 16.1 Å². The van der Waals surface area contributed by atoms with Crippen LogP contribution in [0, 0.1) is 0 Å². The van der Waals surface area contributed by atoms with E-state index in [0.29, 0.717) is 0 Å². The van der Waals surface area contributed by atoms with Gasteiger partial charge in [-0.2, -0.15) is 0 Å². The smallest absolute Gasteiger partial charge is 0.279 e. The average Bonchev–Trinajstić information content (AvgIpc) is 2.96. The van der Waals surface area contributed by atoms with Gasteiger partial charge in [-0.25, -0.2) is 9.55 Å². The Morgan fingerprint density at radius 3 is 2.58 bits per heavy atom. The number of aryl methyl sites for hydroxylation is 1. The van der Waals surface area contributed by atoms with Gasteiger partial charge >= 0.3 is 0 Å². The number of H-pyrrole nitrogens is 1. The molecular formula is C21H24N3OS+. The molecule has 3 aromatic rings. The molecule has 5 heteroatoms. The van der Waals surface area contributed by atoms with Gasteiger partial charge in [-0.15, -0.1) is 0 Å². The summed E-state index contributed by atoms with van der Waals surface area (Å²) in [6, 6.07) is 16.7. The third kappa shape index (κ3) is 4.35. The summed E-state index contributed by atoms with van der Waals surface area (Å²) in [6.07, 6.45) is 4.21. The summed E-state index contributed by atoms with van der Waals surface area (Å²) in [6.45, 7) is 2.46. The zero-order valence-corrected chi connectivity index (χ0v) is 16.2. The minimum Gasteiger partial charge on any atom is -0.374 e. The molecule has 26 heavy (non-hydrogen) atoms. The number of imidazole rings is 1. The summed E-state index contributed by atoms with van der Waals surface area (Å²) in [5, 5.41) is 0.170. The second-order valence-electron chi connectivity index (χ2n) is 6.27. The predicted octanol–water partition coefficient (Wildman–Crippen LogP) is 3.88. The molecule has 0 atom stereocenters. The van der Waals surface area contributed by atoms with Gasteiger partial charge in [0.2, 0.25) is 0 Å². The summed E-state index contributed by atoms with van der Waals surface area (Å²) in [5.74, 6) is 1.87. The van der Waals surface area contributed by atoms with E-state index in [1.807, 2.05) is 12.1 Å². The molecule has 0 radical (unpaired) electrons. The van der Waals surface area contributed by atoms with Crippen LogP contribution in [0.3, 0.4) is 0 Å². The van der Waals surface area contributed by atoms with E-state index in [2.05, 4.69) is 77.1 Å². The van der Waals surface area contributed by atoms with Gasteiger partial charge in [-0.3, -0.25) is 4.79 Å². The second-order valence-corrected chi connectivity index (χ2v) is 7.54. The van der Waals surface area contributed by atoms with Crippen LogP contribution < -0.4 is 9.47 Å². The highest BCUT2D eigenvalue weighted by molar-refractivity contribution is 8.13. The number of nitrogens with zero attached hydrogens (tertiary/aromatic N) is 2. The first-order valence-corrected chi connectivity index (χ1v) is 9.62. The lowest BCUT2D eigenvalue weighted by Gasteiger charge is -2.18. The Balaban J connectivity index is 1.67. The molecule has 0 unspecified atom stereocenters. The van der Waals surface area contributed by atoms with Crippen molar-refractivity contribution >= 4 is 45.7 Å². The summed E-state index contributed by atoms with van der Waals surface area (Å²) in [5.41, 5.74) is 4.63. The molecule has 1 N–H and O–H groups in total. The Labute approximate surface area is 158 Å². The van der Waals surface area contributed by atoms with Gasteiger partial charge in [0, 0.05) is 38.0 Å². The van der Waals surface area contributed by atoms with Gasteiger partial charge in [0.05, 0.1) is 7.05 Å². The number of anilines is 1. The van der Waals surface area contributed by atoms with E-state index in [1.54, 1.807) is 6.92 Å². The number of para-hydroxylation sites is 2. The fraction of sp³-hybridized carbons (Fsp3) is 0.238. The molecule has 134 valence electrons. The maximum Gasteiger partial charge on any atom is 0.279 e. The number of fused-ring (bicyclic) bond motifs is 1. The normalized spacial score (nSPS) is 11.3. The van der Waals surface area contributed by atoms with Crippen molar-refractivity contribution in [3.05, 3.63) is 59.9 Å². The van der Waals surface area contributed by atoms with Crippen LogP contribution in [0.4, 0.5) is 5.69 Å². The number of thioether (sulfide) groups is 1. The first kappa shape index (κ1) is 18.3. The SMILES string of the molecule is CC(=O)SCCN(C)c1ccc(/C=C/c2[nH]c3ccccc3[n+]2C)cc1. The van der Waals surface area contributed by atoms with E-state index in [-0.39, 0.29) is 5.12 Å². The van der Waals surface area contributed by atoms with Crippen molar-refractivity contribution in [2.75, 3.05) is 24.2 Å². The molecule has 0 spiro atoms. The lowest BCUT2D eigenvalue weighted by molar-refractivity contribution is -0.646. The van der Waals surface area contributed by atoms with Crippen LogP contribution in [-0.4, -0.2) is 29.4 Å². The number of carbonyl (C=O) groups excluding carboxylic acids is 1. The van der Waals surface area contributed by atoms with Crippen molar-refractivity contribution in [2.45, 2.75) is 6.92 Å². The number of hydrogen-bond acceptors (Lipinski definition) is 3. The Hall–Kier alpha value is -2.53. The molecule has 4 nitrogen and oxygen atoms in total. The zero-order chi connectivity index (χ0) is 18.5. The molecular weight excluding hydrogens is 342 g/mol. The summed E-state index contributed by atoms with van der Waals surface area (Å²) in [7, 11) is 4.12. The predicted molar refractivity (Wildman–Crippen MR) is 111 cm³/mol. The van der Waals surface area contributed by atoms with Crippen LogP contribution in [0.25, 0.3) is 23.2 Å². The first-order chi connectivity index (χ1) is 12.5. The van der Waals surface area contributed by atoms with Crippen LogP contribution in [0.5, 0.6) is 0 Å². The summed E-state index contributed by atoms with van der Waals surface area (Å²) >= 11 is 1.37. The lowest BCUT2D eigenvalue weighted by Crippen LogP contribution is -2.29. The van der Waals surface area contributed by atoms with Gasteiger partial charge in [-0.05, 0) is 35.9 Å². The van der Waals surface area contributed by atoms with Crippen molar-refractivity contribution in [3.63, 3.8) is 0 Å². The van der Waals surface area contributed by atoms with E-state index >= 15 is 0 Å². The van der Waals surface area contributed by atoms with Gasteiger partial charge < -0.3 is 4.90 Å². The number of carbonyl (C=O) groups is 1. The largest absolute Gasteiger partial charge is 0.374 e. The van der Waals surface area contributed by atoms with Crippen molar-refractivity contribution in [2.24, 2.45) is 7.05 Å². The monoisotopic (exact) mass is 366 g/mol. The minimum absolute atomic E-state index is 0.170.